The fraction of sp³-hybridized carbons (Fsp3) is 0.312. The van der Waals surface area contributed by atoms with Crippen molar-refractivity contribution in [3.8, 4) is 5.75 Å². The molecule has 0 saturated heterocycles. The van der Waals surface area contributed by atoms with Crippen molar-refractivity contribution in [3.05, 3.63) is 55.1 Å². The van der Waals surface area contributed by atoms with Crippen LogP contribution < -0.4 is 4.74 Å². The zero-order chi connectivity index (χ0) is 15.4. The number of ether oxygens (including phenoxy) is 3. The average molecular weight is 278 g/mol. The third-order valence-corrected chi connectivity index (χ3v) is 1.95. The van der Waals surface area contributed by atoms with Crippen LogP contribution in [-0.2, 0) is 14.3 Å². The first kappa shape index (κ1) is 17.9. The van der Waals surface area contributed by atoms with E-state index in [4.69, 9.17) is 9.47 Å². The van der Waals surface area contributed by atoms with Crippen molar-refractivity contribution < 1.29 is 19.0 Å². The Kier molecular flexibility index (Phi) is 9.70. The van der Waals surface area contributed by atoms with Gasteiger partial charge in [-0.1, -0.05) is 30.9 Å². The summed E-state index contributed by atoms with van der Waals surface area (Å²) >= 11 is 0. The van der Waals surface area contributed by atoms with Crippen molar-refractivity contribution in [2.45, 2.75) is 20.1 Å². The highest BCUT2D eigenvalue weighted by molar-refractivity contribution is 5.86. The molecule has 1 unspecified atom stereocenters. The van der Waals surface area contributed by atoms with Gasteiger partial charge in [-0.15, -0.1) is 6.58 Å². The highest BCUT2D eigenvalue weighted by Gasteiger charge is 2.10. The van der Waals surface area contributed by atoms with Crippen molar-refractivity contribution in [3.63, 3.8) is 0 Å². The van der Waals surface area contributed by atoms with E-state index in [-0.39, 0.29) is 0 Å². The molecular weight excluding hydrogens is 256 g/mol. The minimum Gasteiger partial charge on any atom is -0.455 e. The Morgan fingerprint density at radius 1 is 1.35 bits per heavy atom. The Morgan fingerprint density at radius 2 is 1.95 bits per heavy atom. The van der Waals surface area contributed by atoms with E-state index in [1.165, 1.54) is 0 Å². The fourth-order valence-electron chi connectivity index (χ4n) is 1.08. The van der Waals surface area contributed by atoms with Gasteiger partial charge in [-0.3, -0.25) is 0 Å². The Hall–Kier alpha value is -2.07. The van der Waals surface area contributed by atoms with Crippen LogP contribution in [0.15, 0.2) is 55.1 Å². The summed E-state index contributed by atoms with van der Waals surface area (Å²) in [5.74, 6) is 0.220. The van der Waals surface area contributed by atoms with E-state index in [0.717, 1.165) is 0 Å². The number of carbonyl (C=O) groups is 1. The fourth-order valence-corrected chi connectivity index (χ4v) is 1.08. The molecule has 1 aromatic carbocycles. The molecule has 0 spiro atoms. The second-order valence-electron chi connectivity index (χ2n) is 3.93. The topological polar surface area (TPSA) is 44.8 Å². The van der Waals surface area contributed by atoms with Crippen LogP contribution in [0.3, 0.4) is 0 Å². The van der Waals surface area contributed by atoms with E-state index in [0.29, 0.717) is 17.9 Å². The number of benzene rings is 1. The summed E-state index contributed by atoms with van der Waals surface area (Å²) in [7, 11) is 1.64. The number of esters is 1. The third-order valence-electron chi connectivity index (χ3n) is 1.95. The van der Waals surface area contributed by atoms with Crippen molar-refractivity contribution in [1.29, 1.82) is 0 Å². The van der Waals surface area contributed by atoms with E-state index in [1.54, 1.807) is 39.2 Å². The molecular formula is C16H22O4. The lowest BCUT2D eigenvalue weighted by atomic mass is 10.3. The SMILES string of the molecule is C=C(C)C(=O)OC(C)Oc1ccccc1.C=CCOC. The quantitative estimate of drug-likeness (QED) is 0.346. The van der Waals surface area contributed by atoms with E-state index < -0.39 is 12.3 Å². The Labute approximate surface area is 120 Å². The van der Waals surface area contributed by atoms with Crippen LogP contribution in [-0.4, -0.2) is 26.0 Å². The summed E-state index contributed by atoms with van der Waals surface area (Å²) in [4.78, 5) is 11.1. The predicted octanol–water partition coefficient (Wildman–Crippen LogP) is 3.35. The molecule has 0 saturated carbocycles. The number of para-hydroxylation sites is 1. The highest BCUT2D eigenvalue weighted by Crippen LogP contribution is 2.11. The molecule has 1 rings (SSSR count). The van der Waals surface area contributed by atoms with Gasteiger partial charge in [-0.25, -0.2) is 4.79 Å². The molecule has 0 bridgehead atoms. The van der Waals surface area contributed by atoms with Crippen LogP contribution >= 0.6 is 0 Å². The van der Waals surface area contributed by atoms with Gasteiger partial charge in [0.25, 0.3) is 0 Å². The predicted molar refractivity (Wildman–Crippen MR) is 79.5 cm³/mol. The average Bonchev–Trinajstić information content (AvgIpc) is 2.41. The van der Waals surface area contributed by atoms with Gasteiger partial charge in [0, 0.05) is 19.6 Å². The lowest BCUT2D eigenvalue weighted by Gasteiger charge is -2.14. The van der Waals surface area contributed by atoms with Crippen LogP contribution in [0.4, 0.5) is 0 Å². The summed E-state index contributed by atoms with van der Waals surface area (Å²) in [6.45, 7) is 10.8. The van der Waals surface area contributed by atoms with E-state index in [2.05, 4.69) is 17.9 Å². The first-order valence-electron chi connectivity index (χ1n) is 6.19. The summed E-state index contributed by atoms with van der Waals surface area (Å²) < 4.78 is 14.9. The largest absolute Gasteiger partial charge is 0.455 e. The molecule has 0 radical (unpaired) electrons. The molecule has 4 nitrogen and oxygen atoms in total. The molecule has 4 heteroatoms. The maximum absolute atomic E-state index is 11.1. The molecule has 20 heavy (non-hydrogen) atoms. The van der Waals surface area contributed by atoms with Crippen LogP contribution in [0.5, 0.6) is 5.75 Å². The van der Waals surface area contributed by atoms with E-state index in [1.807, 2.05) is 18.2 Å². The smallest absolute Gasteiger partial charge is 0.336 e. The maximum atomic E-state index is 11.1. The van der Waals surface area contributed by atoms with Gasteiger partial charge in [0.2, 0.25) is 6.29 Å². The summed E-state index contributed by atoms with van der Waals surface area (Å²) in [5.41, 5.74) is 0.360. The van der Waals surface area contributed by atoms with Crippen molar-refractivity contribution in [2.75, 3.05) is 13.7 Å². The minimum absolute atomic E-state index is 0.360. The van der Waals surface area contributed by atoms with Crippen LogP contribution in [0.25, 0.3) is 0 Å². The van der Waals surface area contributed by atoms with E-state index in [9.17, 15) is 4.79 Å². The summed E-state index contributed by atoms with van der Waals surface area (Å²) in [6, 6.07) is 9.18. The van der Waals surface area contributed by atoms with E-state index >= 15 is 0 Å². The van der Waals surface area contributed by atoms with Gasteiger partial charge in [0.1, 0.15) is 5.75 Å². The molecule has 0 aromatic heterocycles. The molecule has 0 aliphatic rings. The molecule has 0 fully saturated rings. The highest BCUT2D eigenvalue weighted by atomic mass is 16.7. The van der Waals surface area contributed by atoms with Crippen LogP contribution in [0.1, 0.15) is 13.8 Å². The molecule has 0 heterocycles. The van der Waals surface area contributed by atoms with Gasteiger partial charge >= 0.3 is 5.97 Å². The summed E-state index contributed by atoms with van der Waals surface area (Å²) in [6.07, 6.45) is 1.09. The zero-order valence-corrected chi connectivity index (χ0v) is 12.3. The van der Waals surface area contributed by atoms with Gasteiger partial charge < -0.3 is 14.2 Å². The van der Waals surface area contributed by atoms with Crippen molar-refractivity contribution >= 4 is 5.97 Å². The number of rotatable bonds is 6. The standard InChI is InChI=1S/C12H14O3.C4H8O/c1-9(2)12(13)15-10(3)14-11-7-5-4-6-8-11;1-3-4-5-2/h4-8,10H,1H2,2-3H3;3H,1,4H2,2H3. The van der Waals surface area contributed by atoms with Gasteiger partial charge in [-0.2, -0.15) is 0 Å². The van der Waals surface area contributed by atoms with Gasteiger partial charge in [-0.05, 0) is 19.1 Å². The Balaban J connectivity index is 0.000000621. The molecule has 0 aliphatic heterocycles. The first-order chi connectivity index (χ1) is 9.51. The monoisotopic (exact) mass is 278 g/mol. The van der Waals surface area contributed by atoms with Crippen molar-refractivity contribution in [1.82, 2.24) is 0 Å². The molecule has 110 valence electrons. The lowest BCUT2D eigenvalue weighted by molar-refractivity contribution is -0.156. The second kappa shape index (κ2) is 10.8. The minimum atomic E-state index is -0.614. The Bertz CT molecular complexity index is 412. The molecule has 0 N–H and O–H groups in total. The third kappa shape index (κ3) is 8.94. The number of carbonyl (C=O) groups excluding carboxylic acids is 1. The van der Waals surface area contributed by atoms with Crippen molar-refractivity contribution in [2.24, 2.45) is 0 Å². The van der Waals surface area contributed by atoms with Crippen LogP contribution in [0.2, 0.25) is 0 Å². The number of hydrogen-bond donors (Lipinski definition) is 0. The zero-order valence-electron chi connectivity index (χ0n) is 12.3. The number of hydrogen-bond acceptors (Lipinski definition) is 4. The second-order valence-corrected chi connectivity index (χ2v) is 3.93. The molecule has 0 amide bonds. The molecule has 0 aliphatic carbocycles. The van der Waals surface area contributed by atoms with Crippen LogP contribution in [0, 0.1) is 0 Å². The first-order valence-corrected chi connectivity index (χ1v) is 6.19. The lowest BCUT2D eigenvalue weighted by Crippen LogP contribution is -2.21. The molecule has 1 atom stereocenters. The molecule has 1 aromatic rings. The normalized spacial score (nSPS) is 10.6. The number of methoxy groups -OCH3 is 1. The van der Waals surface area contributed by atoms with Gasteiger partial charge in [0.05, 0.1) is 6.61 Å². The Morgan fingerprint density at radius 3 is 2.35 bits per heavy atom. The summed E-state index contributed by atoms with van der Waals surface area (Å²) in [5, 5.41) is 0. The van der Waals surface area contributed by atoms with Gasteiger partial charge in [0.15, 0.2) is 0 Å². The maximum Gasteiger partial charge on any atom is 0.336 e.